The van der Waals surface area contributed by atoms with Crippen LogP contribution in [0.3, 0.4) is 0 Å². The number of hydrogen-bond donors (Lipinski definition) is 0. The molecule has 0 aliphatic carbocycles. The van der Waals surface area contributed by atoms with Gasteiger partial charge in [-0.2, -0.15) is 5.10 Å². The maximum atomic E-state index is 13.0. The van der Waals surface area contributed by atoms with Gasteiger partial charge < -0.3 is 4.90 Å². The predicted octanol–water partition coefficient (Wildman–Crippen LogP) is 2.17. The maximum Gasteiger partial charge on any atom is 0.242 e. The molecule has 1 fully saturated rings. The van der Waals surface area contributed by atoms with Crippen LogP contribution in [0.25, 0.3) is 5.69 Å². The fraction of sp³-hybridized carbons (Fsp3) is 0.476. The number of amides is 2. The zero-order chi connectivity index (χ0) is 20.4. The number of nitrogens with zero attached hydrogens (tertiary/aromatic N) is 5. The van der Waals surface area contributed by atoms with Crippen LogP contribution in [0.5, 0.6) is 0 Å². The molecule has 154 valence electrons. The standard InChI is InChI=1S/C21H27N5O2S/c1-3-9-23-10-12-24(13-11-23)18(27)14-25-19(28)15-29-21-20(25)16(2)22-26(21)17-7-5-4-6-8-17/h4-8H,3,9-15H2,1-2H3. The van der Waals surface area contributed by atoms with Gasteiger partial charge in [0.05, 0.1) is 22.8 Å². The molecular formula is C21H27N5O2S. The first-order valence-electron chi connectivity index (χ1n) is 10.2. The highest BCUT2D eigenvalue weighted by atomic mass is 32.2. The summed E-state index contributed by atoms with van der Waals surface area (Å²) in [6.07, 6.45) is 1.13. The van der Waals surface area contributed by atoms with Crippen LogP contribution in [-0.2, 0) is 9.59 Å². The SMILES string of the molecule is CCCN1CCN(C(=O)CN2C(=O)CSc3c2c(C)nn3-c2ccccc2)CC1. The van der Waals surface area contributed by atoms with Gasteiger partial charge >= 0.3 is 0 Å². The number of piperazine rings is 1. The van der Waals surface area contributed by atoms with Gasteiger partial charge in [-0.05, 0) is 32.0 Å². The van der Waals surface area contributed by atoms with Gasteiger partial charge in [0.2, 0.25) is 11.8 Å². The molecule has 2 aromatic rings. The van der Waals surface area contributed by atoms with E-state index in [1.165, 1.54) is 11.8 Å². The highest BCUT2D eigenvalue weighted by molar-refractivity contribution is 8.00. The quantitative estimate of drug-likeness (QED) is 0.752. The number of benzene rings is 1. The molecule has 0 atom stereocenters. The van der Waals surface area contributed by atoms with E-state index in [0.29, 0.717) is 5.75 Å². The minimum Gasteiger partial charge on any atom is -0.339 e. The molecule has 2 aliphatic rings. The molecule has 4 rings (SSSR count). The molecule has 2 amide bonds. The van der Waals surface area contributed by atoms with E-state index < -0.39 is 0 Å². The molecule has 0 spiro atoms. The van der Waals surface area contributed by atoms with Crippen molar-refractivity contribution in [2.24, 2.45) is 0 Å². The minimum absolute atomic E-state index is 0.0132. The average molecular weight is 414 g/mol. The van der Waals surface area contributed by atoms with Crippen LogP contribution in [0, 0.1) is 6.92 Å². The summed E-state index contributed by atoms with van der Waals surface area (Å²) in [6.45, 7) is 8.49. The van der Waals surface area contributed by atoms with Crippen LogP contribution >= 0.6 is 11.8 Å². The van der Waals surface area contributed by atoms with E-state index in [1.54, 1.807) is 4.90 Å². The lowest BCUT2D eigenvalue weighted by Crippen LogP contribution is -2.52. The van der Waals surface area contributed by atoms with Crippen molar-refractivity contribution in [2.45, 2.75) is 25.3 Å². The zero-order valence-electron chi connectivity index (χ0n) is 17.0. The third kappa shape index (κ3) is 4.04. The van der Waals surface area contributed by atoms with Crippen LogP contribution in [-0.4, -0.2) is 76.4 Å². The van der Waals surface area contributed by atoms with Crippen molar-refractivity contribution < 1.29 is 9.59 Å². The summed E-state index contributed by atoms with van der Waals surface area (Å²) in [7, 11) is 0. The van der Waals surface area contributed by atoms with Crippen molar-refractivity contribution in [2.75, 3.05) is 49.9 Å². The number of rotatable bonds is 5. The summed E-state index contributed by atoms with van der Waals surface area (Å²) in [5.41, 5.74) is 2.50. The molecular weight excluding hydrogens is 386 g/mol. The number of carbonyl (C=O) groups is 2. The van der Waals surface area contributed by atoms with Gasteiger partial charge in [0.15, 0.2) is 0 Å². The fourth-order valence-corrected chi connectivity index (χ4v) is 5.03. The van der Waals surface area contributed by atoms with E-state index in [9.17, 15) is 9.59 Å². The lowest BCUT2D eigenvalue weighted by Gasteiger charge is -2.36. The third-order valence-electron chi connectivity index (χ3n) is 5.45. The summed E-state index contributed by atoms with van der Waals surface area (Å²) in [4.78, 5) is 31.6. The van der Waals surface area contributed by atoms with Crippen molar-refractivity contribution in [3.63, 3.8) is 0 Å². The van der Waals surface area contributed by atoms with E-state index in [-0.39, 0.29) is 18.4 Å². The van der Waals surface area contributed by atoms with Crippen LogP contribution in [0.15, 0.2) is 35.4 Å². The topological polar surface area (TPSA) is 61.7 Å². The Hall–Kier alpha value is -2.32. The van der Waals surface area contributed by atoms with Gasteiger partial charge in [0, 0.05) is 26.2 Å². The Labute approximate surface area is 175 Å². The average Bonchev–Trinajstić information content (AvgIpc) is 3.08. The van der Waals surface area contributed by atoms with Crippen molar-refractivity contribution in [3.05, 3.63) is 36.0 Å². The Balaban J connectivity index is 1.53. The van der Waals surface area contributed by atoms with E-state index in [0.717, 1.165) is 61.2 Å². The number of aromatic nitrogens is 2. The van der Waals surface area contributed by atoms with Crippen LogP contribution in [0.1, 0.15) is 19.0 Å². The summed E-state index contributed by atoms with van der Waals surface area (Å²) in [5.74, 6) is 0.304. The molecule has 8 heteroatoms. The van der Waals surface area contributed by atoms with Gasteiger partial charge in [0.1, 0.15) is 11.6 Å². The largest absolute Gasteiger partial charge is 0.339 e. The number of hydrogen-bond acceptors (Lipinski definition) is 5. The second-order valence-corrected chi connectivity index (χ2v) is 8.44. The van der Waals surface area contributed by atoms with Crippen molar-refractivity contribution >= 4 is 29.3 Å². The second kappa shape index (κ2) is 8.59. The number of carbonyl (C=O) groups excluding carboxylic acids is 2. The highest BCUT2D eigenvalue weighted by Crippen LogP contribution is 2.39. The number of fused-ring (bicyclic) bond motifs is 1. The van der Waals surface area contributed by atoms with Crippen LogP contribution in [0.2, 0.25) is 0 Å². The Morgan fingerprint density at radius 2 is 1.86 bits per heavy atom. The Morgan fingerprint density at radius 1 is 1.14 bits per heavy atom. The molecule has 0 N–H and O–H groups in total. The number of para-hydroxylation sites is 1. The molecule has 1 saturated heterocycles. The van der Waals surface area contributed by atoms with Gasteiger partial charge in [0.25, 0.3) is 0 Å². The van der Waals surface area contributed by atoms with Crippen molar-refractivity contribution in [1.29, 1.82) is 0 Å². The molecule has 3 heterocycles. The van der Waals surface area contributed by atoms with Crippen LogP contribution < -0.4 is 4.90 Å². The first-order chi connectivity index (χ1) is 14.1. The Kier molecular flexibility index (Phi) is 5.91. The molecule has 2 aliphatic heterocycles. The molecule has 0 unspecified atom stereocenters. The van der Waals surface area contributed by atoms with E-state index >= 15 is 0 Å². The zero-order valence-corrected chi connectivity index (χ0v) is 17.8. The summed E-state index contributed by atoms with van der Waals surface area (Å²) in [6, 6.07) is 9.89. The molecule has 7 nitrogen and oxygen atoms in total. The van der Waals surface area contributed by atoms with Crippen molar-refractivity contribution in [3.8, 4) is 5.69 Å². The normalized spacial score (nSPS) is 17.5. The second-order valence-electron chi connectivity index (χ2n) is 7.48. The minimum atomic E-state index is -0.0313. The first kappa shape index (κ1) is 20.0. The van der Waals surface area contributed by atoms with Gasteiger partial charge in [-0.3, -0.25) is 19.4 Å². The molecule has 29 heavy (non-hydrogen) atoms. The van der Waals surface area contributed by atoms with Gasteiger partial charge in [-0.15, -0.1) is 0 Å². The van der Waals surface area contributed by atoms with E-state index in [1.807, 2.05) is 46.8 Å². The van der Waals surface area contributed by atoms with Gasteiger partial charge in [-0.25, -0.2) is 4.68 Å². The number of anilines is 1. The van der Waals surface area contributed by atoms with Gasteiger partial charge in [-0.1, -0.05) is 36.9 Å². The highest BCUT2D eigenvalue weighted by Gasteiger charge is 2.34. The predicted molar refractivity (Wildman–Crippen MR) is 115 cm³/mol. The number of thioether (sulfide) groups is 1. The monoisotopic (exact) mass is 413 g/mol. The maximum absolute atomic E-state index is 13.0. The molecule has 1 aromatic carbocycles. The van der Waals surface area contributed by atoms with Crippen LogP contribution in [0.4, 0.5) is 5.69 Å². The summed E-state index contributed by atoms with van der Waals surface area (Å²) >= 11 is 1.49. The summed E-state index contributed by atoms with van der Waals surface area (Å²) < 4.78 is 1.88. The molecule has 0 bridgehead atoms. The Bertz CT molecular complexity index is 890. The van der Waals surface area contributed by atoms with E-state index in [2.05, 4.69) is 16.9 Å². The third-order valence-corrected chi connectivity index (χ3v) is 6.48. The molecule has 1 aromatic heterocycles. The van der Waals surface area contributed by atoms with Crippen molar-refractivity contribution in [1.82, 2.24) is 19.6 Å². The lowest BCUT2D eigenvalue weighted by molar-refractivity contribution is -0.132. The molecule has 0 radical (unpaired) electrons. The first-order valence-corrected chi connectivity index (χ1v) is 11.2. The smallest absolute Gasteiger partial charge is 0.242 e. The van der Waals surface area contributed by atoms with E-state index in [4.69, 9.17) is 0 Å². The molecule has 0 saturated carbocycles. The Morgan fingerprint density at radius 3 is 2.55 bits per heavy atom. The fourth-order valence-electron chi connectivity index (χ4n) is 3.95. The lowest BCUT2D eigenvalue weighted by atomic mass is 10.2. The number of aryl methyl sites for hydroxylation is 1. The summed E-state index contributed by atoms with van der Waals surface area (Å²) in [5, 5.41) is 5.59.